The van der Waals surface area contributed by atoms with Gasteiger partial charge in [0.1, 0.15) is 11.6 Å². The zero-order chi connectivity index (χ0) is 15.9. The summed E-state index contributed by atoms with van der Waals surface area (Å²) in [6.07, 6.45) is 1.39. The number of nitrogens with one attached hydrogen (secondary N) is 2. The Morgan fingerprint density at radius 2 is 1.90 bits per heavy atom. The largest absolute Gasteiger partial charge is 0.366 e. The van der Waals surface area contributed by atoms with E-state index in [4.69, 9.17) is 0 Å². The molecule has 0 saturated carbocycles. The molecule has 0 atom stereocenters. The molecular formula is C13H21N5O2S. The van der Waals surface area contributed by atoms with E-state index >= 15 is 0 Å². The quantitative estimate of drug-likeness (QED) is 0.736. The first-order valence-electron chi connectivity index (χ1n) is 6.98. The summed E-state index contributed by atoms with van der Waals surface area (Å²) >= 11 is 0. The van der Waals surface area contributed by atoms with Crippen LogP contribution in [0.25, 0.3) is 0 Å². The van der Waals surface area contributed by atoms with Gasteiger partial charge in [-0.15, -0.1) is 5.10 Å². The Morgan fingerprint density at radius 3 is 2.43 bits per heavy atom. The van der Waals surface area contributed by atoms with Gasteiger partial charge in [0.15, 0.2) is 5.82 Å². The highest BCUT2D eigenvalue weighted by atomic mass is 32.2. The first kappa shape index (κ1) is 17.3. The van der Waals surface area contributed by atoms with E-state index in [1.807, 2.05) is 13.8 Å². The lowest BCUT2D eigenvalue weighted by Gasteiger charge is -2.12. The summed E-state index contributed by atoms with van der Waals surface area (Å²) in [5.74, 6) is 0.267. The first-order chi connectivity index (χ1) is 9.99. The van der Waals surface area contributed by atoms with Crippen LogP contribution in [0.5, 0.6) is 0 Å². The average molecular weight is 311 g/mol. The molecule has 0 aliphatic rings. The first-order valence-corrected chi connectivity index (χ1v) is 8.63. The molecule has 21 heavy (non-hydrogen) atoms. The van der Waals surface area contributed by atoms with Crippen molar-refractivity contribution >= 4 is 15.8 Å². The SMILES string of the molecule is CCNS(=O)(=O)CCNc1nnc(CC)c(CC)c1C#N. The lowest BCUT2D eigenvalue weighted by molar-refractivity contribution is 0.584. The highest BCUT2D eigenvalue weighted by Gasteiger charge is 2.15. The van der Waals surface area contributed by atoms with E-state index < -0.39 is 10.0 Å². The third kappa shape index (κ3) is 4.65. The molecule has 1 rings (SSSR count). The van der Waals surface area contributed by atoms with E-state index in [-0.39, 0.29) is 12.3 Å². The van der Waals surface area contributed by atoms with Crippen LogP contribution >= 0.6 is 0 Å². The molecule has 0 aliphatic carbocycles. The van der Waals surface area contributed by atoms with Crippen LogP contribution in [0.3, 0.4) is 0 Å². The summed E-state index contributed by atoms with van der Waals surface area (Å²) < 4.78 is 25.5. The molecule has 8 heteroatoms. The third-order valence-electron chi connectivity index (χ3n) is 2.99. The summed E-state index contributed by atoms with van der Waals surface area (Å²) in [5.41, 5.74) is 2.12. The molecule has 1 heterocycles. The van der Waals surface area contributed by atoms with Crippen molar-refractivity contribution in [3.63, 3.8) is 0 Å². The minimum Gasteiger partial charge on any atom is -0.366 e. The van der Waals surface area contributed by atoms with Crippen LogP contribution in [-0.4, -0.2) is 37.5 Å². The molecule has 0 spiro atoms. The number of aromatic nitrogens is 2. The van der Waals surface area contributed by atoms with Crippen molar-refractivity contribution < 1.29 is 8.42 Å². The fourth-order valence-electron chi connectivity index (χ4n) is 2.01. The summed E-state index contributed by atoms with van der Waals surface area (Å²) in [6.45, 7) is 6.17. The van der Waals surface area contributed by atoms with Gasteiger partial charge in [0.05, 0.1) is 11.4 Å². The average Bonchev–Trinajstić information content (AvgIpc) is 2.46. The minimum atomic E-state index is -3.29. The number of aryl methyl sites for hydroxylation is 1. The van der Waals surface area contributed by atoms with Crippen LogP contribution in [0.15, 0.2) is 0 Å². The Labute approximate surface area is 125 Å². The number of hydrogen-bond acceptors (Lipinski definition) is 6. The monoisotopic (exact) mass is 311 g/mol. The van der Waals surface area contributed by atoms with Gasteiger partial charge in [-0.1, -0.05) is 20.8 Å². The number of sulfonamides is 1. The number of rotatable bonds is 8. The fourth-order valence-corrected chi connectivity index (χ4v) is 2.97. The van der Waals surface area contributed by atoms with Gasteiger partial charge in [-0.2, -0.15) is 10.4 Å². The number of anilines is 1. The normalized spacial score (nSPS) is 11.1. The highest BCUT2D eigenvalue weighted by molar-refractivity contribution is 7.89. The van der Waals surface area contributed by atoms with Crippen LogP contribution in [0, 0.1) is 11.3 Å². The Morgan fingerprint density at radius 1 is 1.19 bits per heavy atom. The van der Waals surface area contributed by atoms with Crippen LogP contribution in [0.4, 0.5) is 5.82 Å². The maximum Gasteiger partial charge on any atom is 0.213 e. The van der Waals surface area contributed by atoms with Gasteiger partial charge in [-0.25, -0.2) is 13.1 Å². The van der Waals surface area contributed by atoms with E-state index in [9.17, 15) is 13.7 Å². The molecule has 0 radical (unpaired) electrons. The molecule has 116 valence electrons. The maximum absolute atomic E-state index is 11.5. The van der Waals surface area contributed by atoms with Gasteiger partial charge >= 0.3 is 0 Å². The van der Waals surface area contributed by atoms with Crippen molar-refractivity contribution in [1.29, 1.82) is 5.26 Å². The number of hydrogen-bond donors (Lipinski definition) is 2. The Bertz CT molecular complexity index is 622. The Hall–Kier alpha value is -1.72. The third-order valence-corrected chi connectivity index (χ3v) is 4.46. The summed E-state index contributed by atoms with van der Waals surface area (Å²) in [5, 5.41) is 20.3. The highest BCUT2D eigenvalue weighted by Crippen LogP contribution is 2.19. The van der Waals surface area contributed by atoms with Crippen molar-refractivity contribution in [1.82, 2.24) is 14.9 Å². The molecule has 0 fully saturated rings. The Balaban J connectivity index is 2.88. The van der Waals surface area contributed by atoms with Crippen molar-refractivity contribution in [2.45, 2.75) is 33.6 Å². The standard InChI is InChI=1S/C13H21N5O2S/c1-4-10-11(9-14)13(18-17-12(10)5-2)15-7-8-21(19,20)16-6-3/h16H,4-8H2,1-3H3,(H,15,18). The van der Waals surface area contributed by atoms with Crippen LogP contribution < -0.4 is 10.0 Å². The second-order valence-electron chi connectivity index (χ2n) is 4.41. The van der Waals surface area contributed by atoms with E-state index in [2.05, 4.69) is 26.3 Å². The van der Waals surface area contributed by atoms with Gasteiger partial charge in [-0.05, 0) is 18.4 Å². The van der Waals surface area contributed by atoms with Crippen molar-refractivity contribution in [2.24, 2.45) is 0 Å². The second-order valence-corrected chi connectivity index (χ2v) is 6.34. The molecule has 0 bridgehead atoms. The molecule has 2 N–H and O–H groups in total. The summed E-state index contributed by atoms with van der Waals surface area (Å²) in [6, 6.07) is 2.13. The number of nitrogens with zero attached hydrogens (tertiary/aromatic N) is 3. The van der Waals surface area contributed by atoms with E-state index in [0.29, 0.717) is 30.8 Å². The molecule has 1 aromatic heterocycles. The molecule has 7 nitrogen and oxygen atoms in total. The fraction of sp³-hybridized carbons (Fsp3) is 0.615. The molecule has 0 unspecified atom stereocenters. The van der Waals surface area contributed by atoms with Gasteiger partial charge in [0.2, 0.25) is 10.0 Å². The molecule has 0 saturated heterocycles. The van der Waals surface area contributed by atoms with Gasteiger partial charge in [-0.3, -0.25) is 0 Å². The van der Waals surface area contributed by atoms with Crippen LogP contribution in [0.2, 0.25) is 0 Å². The second kappa shape index (κ2) is 7.90. The van der Waals surface area contributed by atoms with E-state index in [1.165, 1.54) is 0 Å². The zero-order valence-corrected chi connectivity index (χ0v) is 13.4. The molecule has 0 aromatic carbocycles. The topological polar surface area (TPSA) is 108 Å². The van der Waals surface area contributed by atoms with Gasteiger partial charge in [0, 0.05) is 13.1 Å². The summed E-state index contributed by atoms with van der Waals surface area (Å²) in [4.78, 5) is 0. The van der Waals surface area contributed by atoms with Crippen LogP contribution in [0.1, 0.15) is 37.6 Å². The van der Waals surface area contributed by atoms with Crippen molar-refractivity contribution in [3.05, 3.63) is 16.8 Å². The van der Waals surface area contributed by atoms with Crippen molar-refractivity contribution in [2.75, 3.05) is 24.2 Å². The molecule has 0 aliphatic heterocycles. The van der Waals surface area contributed by atoms with Gasteiger partial charge < -0.3 is 5.32 Å². The van der Waals surface area contributed by atoms with Crippen LogP contribution in [-0.2, 0) is 22.9 Å². The van der Waals surface area contributed by atoms with Crippen molar-refractivity contribution in [3.8, 4) is 6.07 Å². The molecule has 0 amide bonds. The Kier molecular flexibility index (Phi) is 6.52. The predicted molar refractivity (Wildman–Crippen MR) is 81.5 cm³/mol. The predicted octanol–water partition coefficient (Wildman–Crippen LogP) is 0.824. The lowest BCUT2D eigenvalue weighted by atomic mass is 10.0. The maximum atomic E-state index is 11.5. The summed E-state index contributed by atoms with van der Waals surface area (Å²) in [7, 11) is -3.29. The molecule has 1 aromatic rings. The van der Waals surface area contributed by atoms with Gasteiger partial charge in [0.25, 0.3) is 0 Å². The van der Waals surface area contributed by atoms with E-state index in [1.54, 1.807) is 6.92 Å². The minimum absolute atomic E-state index is 0.0790. The van der Waals surface area contributed by atoms with E-state index in [0.717, 1.165) is 11.3 Å². The zero-order valence-electron chi connectivity index (χ0n) is 12.6. The molecular weight excluding hydrogens is 290 g/mol. The smallest absolute Gasteiger partial charge is 0.213 e. The number of nitriles is 1. The lowest BCUT2D eigenvalue weighted by Crippen LogP contribution is -2.29.